The van der Waals surface area contributed by atoms with Crippen molar-refractivity contribution in [2.24, 2.45) is 5.10 Å². The molecule has 148 valence electrons. The Morgan fingerprint density at radius 3 is 2.46 bits per heavy atom. The smallest absolute Gasteiger partial charge is 0.253 e. The molecule has 0 bridgehead atoms. The molecule has 1 heterocycles. The number of benzene rings is 2. The van der Waals surface area contributed by atoms with Gasteiger partial charge in [-0.3, -0.25) is 9.52 Å². The molecule has 9 nitrogen and oxygen atoms in total. The van der Waals surface area contributed by atoms with Gasteiger partial charge in [-0.25, -0.2) is 13.4 Å². The molecule has 10 heteroatoms. The minimum atomic E-state index is -3.35. The van der Waals surface area contributed by atoms with Crippen molar-refractivity contribution in [2.45, 2.75) is 19.4 Å². The molecule has 1 unspecified atom stereocenters. The zero-order chi connectivity index (χ0) is 19.6. The Bertz CT molecular complexity index is 1020. The molecule has 1 aliphatic heterocycles. The number of hydrogen-bond acceptors (Lipinski definition) is 6. The van der Waals surface area contributed by atoms with E-state index >= 15 is 0 Å². The van der Waals surface area contributed by atoms with Crippen molar-refractivity contribution in [3.63, 3.8) is 0 Å². The van der Waals surface area contributed by atoms with Gasteiger partial charge in [-0.05, 0) is 23.3 Å². The summed E-state index contributed by atoms with van der Waals surface area (Å²) >= 11 is 0. The predicted octanol–water partition coefficient (Wildman–Crippen LogP) is 1.06. The second kappa shape index (κ2) is 8.28. The van der Waals surface area contributed by atoms with Crippen molar-refractivity contribution in [3.05, 3.63) is 64.6 Å². The molecule has 3 rings (SSSR count). The zero-order valence-electron chi connectivity index (χ0n) is 15.3. The Morgan fingerprint density at radius 1 is 1.21 bits per heavy atom. The standard InChI is InChI=1S/C18H18N4O4S.H2O/c1-12(23)22-18(14-4-3-5-16(10-14)20-24)11-17(19-22)13-6-8-15(9-7-13)21-27(2,25)26;/h3-10,18,21H,11H2,1-2H3;1H2. The van der Waals surface area contributed by atoms with Gasteiger partial charge in [0.2, 0.25) is 15.9 Å². The summed E-state index contributed by atoms with van der Waals surface area (Å²) in [7, 11) is -3.35. The van der Waals surface area contributed by atoms with Crippen molar-refractivity contribution >= 4 is 33.0 Å². The van der Waals surface area contributed by atoms with E-state index in [1.807, 2.05) is 11.2 Å². The molecule has 1 aliphatic rings. The lowest BCUT2D eigenvalue weighted by molar-refractivity contribution is -0.379. The van der Waals surface area contributed by atoms with Crippen LogP contribution in [0.15, 0.2) is 53.6 Å². The quantitative estimate of drug-likeness (QED) is 0.767. The first kappa shape index (κ1) is 21.2. The third-order valence-corrected chi connectivity index (χ3v) is 4.75. The second-order valence-electron chi connectivity index (χ2n) is 6.31. The maximum atomic E-state index is 12.0. The molecule has 0 saturated heterocycles. The van der Waals surface area contributed by atoms with E-state index in [-0.39, 0.29) is 17.4 Å². The molecule has 2 aromatic rings. The number of carbonyl (C=O) groups is 1. The molecule has 0 spiro atoms. The SMILES string of the molecule is CC(=O)N1N=C(c2ccc(NS(C)(=O)=O)cc2)CC1c1cccc([NH+]=O)c1.[OH-]. The number of nitrogens with zero attached hydrogens (tertiary/aromatic N) is 2. The van der Waals surface area contributed by atoms with Gasteiger partial charge in [0.15, 0.2) is 0 Å². The van der Waals surface area contributed by atoms with Crippen LogP contribution < -0.4 is 9.90 Å². The van der Waals surface area contributed by atoms with Gasteiger partial charge in [-0.15, -0.1) is 0 Å². The summed E-state index contributed by atoms with van der Waals surface area (Å²) in [4.78, 5) is 23.0. The number of rotatable bonds is 5. The Hall–Kier alpha value is -3.11. The summed E-state index contributed by atoms with van der Waals surface area (Å²) in [6.07, 6.45) is 1.57. The first-order valence-electron chi connectivity index (χ1n) is 8.20. The van der Waals surface area contributed by atoms with Crippen LogP contribution in [0.1, 0.15) is 30.5 Å². The zero-order valence-corrected chi connectivity index (χ0v) is 16.1. The Morgan fingerprint density at radius 2 is 1.89 bits per heavy atom. The van der Waals surface area contributed by atoms with E-state index in [1.165, 1.54) is 11.9 Å². The van der Waals surface area contributed by atoms with Gasteiger partial charge in [0.25, 0.3) is 5.69 Å². The maximum Gasteiger partial charge on any atom is 0.253 e. The Labute approximate surface area is 162 Å². The molecular weight excluding hydrogens is 384 g/mol. The first-order valence-corrected chi connectivity index (χ1v) is 10.1. The first-order chi connectivity index (χ1) is 12.8. The lowest BCUT2D eigenvalue weighted by Gasteiger charge is -2.20. The molecule has 0 fully saturated rings. The Balaban J connectivity index is 0.00000280. The van der Waals surface area contributed by atoms with E-state index in [0.717, 1.165) is 17.4 Å². The van der Waals surface area contributed by atoms with Crippen LogP contribution in [-0.4, -0.2) is 36.8 Å². The minimum Gasteiger partial charge on any atom is -0.870 e. The summed E-state index contributed by atoms with van der Waals surface area (Å²) in [5, 5.41) is 7.70. The molecule has 1 atom stereocenters. The number of anilines is 1. The third kappa shape index (κ3) is 4.78. The van der Waals surface area contributed by atoms with Crippen LogP contribution in [-0.2, 0) is 14.8 Å². The van der Waals surface area contributed by atoms with E-state index in [0.29, 0.717) is 23.5 Å². The fourth-order valence-corrected chi connectivity index (χ4v) is 3.55. The Kier molecular flexibility index (Phi) is 6.26. The number of nitroso groups, excluding NO2 is 1. The summed E-state index contributed by atoms with van der Waals surface area (Å²) in [5.41, 5.74) is 3.18. The van der Waals surface area contributed by atoms with E-state index in [4.69, 9.17) is 0 Å². The van der Waals surface area contributed by atoms with Gasteiger partial charge < -0.3 is 5.48 Å². The van der Waals surface area contributed by atoms with Crippen LogP contribution in [0.4, 0.5) is 11.4 Å². The van der Waals surface area contributed by atoms with Crippen LogP contribution in [0.2, 0.25) is 0 Å². The van der Waals surface area contributed by atoms with Gasteiger partial charge >= 0.3 is 0 Å². The van der Waals surface area contributed by atoms with E-state index in [1.54, 1.807) is 42.5 Å². The summed E-state index contributed by atoms with van der Waals surface area (Å²) in [6.45, 7) is 1.44. The predicted molar refractivity (Wildman–Crippen MR) is 104 cm³/mol. The molecule has 1 amide bonds. The molecule has 0 saturated carbocycles. The molecule has 0 aliphatic carbocycles. The van der Waals surface area contributed by atoms with E-state index < -0.39 is 10.0 Å². The van der Waals surface area contributed by atoms with Crippen LogP contribution >= 0.6 is 0 Å². The molecule has 28 heavy (non-hydrogen) atoms. The summed E-state index contributed by atoms with van der Waals surface area (Å²) < 4.78 is 25.0. The number of carbonyl (C=O) groups excluding carboxylic acids is 1. The lowest BCUT2D eigenvalue weighted by atomic mass is 9.98. The topological polar surface area (TPSA) is 140 Å². The van der Waals surface area contributed by atoms with Gasteiger partial charge in [0, 0.05) is 41.2 Å². The number of amides is 1. The number of sulfonamides is 1. The molecule has 3 N–H and O–H groups in total. The fourth-order valence-electron chi connectivity index (χ4n) is 2.99. The van der Waals surface area contributed by atoms with Gasteiger partial charge in [0.1, 0.15) is 0 Å². The van der Waals surface area contributed by atoms with E-state index in [9.17, 15) is 18.1 Å². The van der Waals surface area contributed by atoms with Crippen molar-refractivity contribution in [1.29, 1.82) is 0 Å². The molecule has 2 aromatic carbocycles. The summed E-state index contributed by atoms with van der Waals surface area (Å²) in [6, 6.07) is 13.4. The average molecular weight is 404 g/mol. The van der Waals surface area contributed by atoms with Crippen LogP contribution in [0.3, 0.4) is 0 Å². The molecule has 0 radical (unpaired) electrons. The molecule has 0 aromatic heterocycles. The van der Waals surface area contributed by atoms with Crippen molar-refractivity contribution in [2.75, 3.05) is 11.0 Å². The monoisotopic (exact) mass is 404 g/mol. The van der Waals surface area contributed by atoms with Crippen LogP contribution in [0.5, 0.6) is 0 Å². The van der Waals surface area contributed by atoms with E-state index in [2.05, 4.69) is 9.82 Å². The highest BCUT2D eigenvalue weighted by molar-refractivity contribution is 7.92. The minimum absolute atomic E-state index is 0. The highest BCUT2D eigenvalue weighted by Crippen LogP contribution is 2.33. The lowest BCUT2D eigenvalue weighted by Crippen LogP contribution is -2.55. The highest BCUT2D eigenvalue weighted by atomic mass is 32.2. The average Bonchev–Trinajstić information content (AvgIpc) is 3.07. The fraction of sp³-hybridized carbons (Fsp3) is 0.222. The van der Waals surface area contributed by atoms with Crippen molar-refractivity contribution < 1.29 is 23.9 Å². The van der Waals surface area contributed by atoms with Crippen LogP contribution in [0.25, 0.3) is 0 Å². The highest BCUT2D eigenvalue weighted by Gasteiger charge is 2.31. The maximum absolute atomic E-state index is 12.0. The number of nitrogens with one attached hydrogen (secondary N) is 2. The van der Waals surface area contributed by atoms with Gasteiger partial charge in [-0.1, -0.05) is 24.3 Å². The number of hydrogen-bond donors (Lipinski definition) is 2. The summed E-state index contributed by atoms with van der Waals surface area (Å²) in [5.74, 6) is -0.203. The van der Waals surface area contributed by atoms with Crippen molar-refractivity contribution in [3.8, 4) is 0 Å². The van der Waals surface area contributed by atoms with Gasteiger partial charge in [-0.2, -0.15) is 5.10 Å². The second-order valence-corrected chi connectivity index (χ2v) is 8.06. The normalized spacial score (nSPS) is 16.1. The van der Waals surface area contributed by atoms with Crippen LogP contribution in [0, 0.1) is 4.91 Å². The molecular formula is C18H20N4O5S. The van der Waals surface area contributed by atoms with Crippen molar-refractivity contribution in [1.82, 2.24) is 5.01 Å². The number of hydrazone groups is 1. The largest absolute Gasteiger partial charge is 0.870 e. The third-order valence-electron chi connectivity index (χ3n) is 4.14. The van der Waals surface area contributed by atoms with Gasteiger partial charge in [0.05, 0.1) is 18.0 Å².